The van der Waals surface area contributed by atoms with Crippen LogP contribution in [0, 0.1) is 0 Å². The summed E-state index contributed by atoms with van der Waals surface area (Å²) in [7, 11) is 0. The van der Waals surface area contributed by atoms with E-state index in [1.807, 2.05) is 19.1 Å². The SMILES string of the molecule is C/C=C/Cn1ccc2c1C=C(N)C=CC2. The van der Waals surface area contributed by atoms with Crippen molar-refractivity contribution in [2.24, 2.45) is 5.73 Å². The molecule has 0 fully saturated rings. The Morgan fingerprint density at radius 2 is 2.40 bits per heavy atom. The summed E-state index contributed by atoms with van der Waals surface area (Å²) in [6.07, 6.45) is 13.4. The Labute approximate surface area is 90.4 Å². The van der Waals surface area contributed by atoms with Gasteiger partial charge in [-0.15, -0.1) is 0 Å². The van der Waals surface area contributed by atoms with Crippen LogP contribution in [0.2, 0.25) is 0 Å². The number of fused-ring (bicyclic) bond motifs is 1. The maximum atomic E-state index is 5.85. The van der Waals surface area contributed by atoms with Crippen LogP contribution < -0.4 is 5.73 Å². The van der Waals surface area contributed by atoms with E-state index in [2.05, 4.69) is 35.1 Å². The summed E-state index contributed by atoms with van der Waals surface area (Å²) >= 11 is 0. The third-order valence-corrected chi connectivity index (χ3v) is 2.58. The predicted octanol–water partition coefficient (Wildman–Crippen LogP) is 2.48. The first-order valence-electron chi connectivity index (χ1n) is 5.24. The average molecular weight is 200 g/mol. The molecular weight excluding hydrogens is 184 g/mol. The second-order valence-corrected chi connectivity index (χ2v) is 3.70. The molecule has 1 aromatic rings. The fourth-order valence-corrected chi connectivity index (χ4v) is 1.78. The lowest BCUT2D eigenvalue weighted by Gasteiger charge is -2.04. The van der Waals surface area contributed by atoms with Crippen LogP contribution in [0.5, 0.6) is 0 Å². The van der Waals surface area contributed by atoms with E-state index in [1.54, 1.807) is 0 Å². The first kappa shape index (κ1) is 9.84. The highest BCUT2D eigenvalue weighted by molar-refractivity contribution is 5.58. The quantitative estimate of drug-likeness (QED) is 0.730. The normalized spacial score (nSPS) is 15.1. The monoisotopic (exact) mass is 200 g/mol. The number of hydrogen-bond donors (Lipinski definition) is 1. The van der Waals surface area contributed by atoms with E-state index >= 15 is 0 Å². The fourth-order valence-electron chi connectivity index (χ4n) is 1.78. The molecule has 1 aliphatic rings. The van der Waals surface area contributed by atoms with E-state index < -0.39 is 0 Å². The minimum absolute atomic E-state index is 0.828. The third kappa shape index (κ3) is 2.04. The summed E-state index contributed by atoms with van der Waals surface area (Å²) in [4.78, 5) is 0. The highest BCUT2D eigenvalue weighted by Gasteiger charge is 2.07. The van der Waals surface area contributed by atoms with Gasteiger partial charge in [-0.25, -0.2) is 0 Å². The summed E-state index contributed by atoms with van der Waals surface area (Å²) < 4.78 is 2.22. The zero-order chi connectivity index (χ0) is 10.7. The Kier molecular flexibility index (Phi) is 2.77. The van der Waals surface area contributed by atoms with Gasteiger partial charge < -0.3 is 10.3 Å². The van der Waals surface area contributed by atoms with Crippen LogP contribution >= 0.6 is 0 Å². The molecule has 78 valence electrons. The van der Waals surface area contributed by atoms with Crippen LogP contribution in [0.1, 0.15) is 18.2 Å². The Hall–Kier alpha value is -1.70. The molecule has 0 bridgehead atoms. The molecule has 2 nitrogen and oxygen atoms in total. The molecule has 0 saturated heterocycles. The minimum atomic E-state index is 0.828. The lowest BCUT2D eigenvalue weighted by Crippen LogP contribution is -1.99. The lowest BCUT2D eigenvalue weighted by atomic mass is 10.2. The van der Waals surface area contributed by atoms with Gasteiger partial charge in [0.25, 0.3) is 0 Å². The zero-order valence-electron chi connectivity index (χ0n) is 8.98. The van der Waals surface area contributed by atoms with Crippen LogP contribution in [0.25, 0.3) is 6.08 Å². The van der Waals surface area contributed by atoms with Gasteiger partial charge in [-0.1, -0.05) is 18.2 Å². The van der Waals surface area contributed by atoms with Crippen molar-refractivity contribution in [2.75, 3.05) is 0 Å². The van der Waals surface area contributed by atoms with E-state index in [9.17, 15) is 0 Å². The van der Waals surface area contributed by atoms with Gasteiger partial charge in [0.15, 0.2) is 0 Å². The van der Waals surface area contributed by atoms with Gasteiger partial charge in [0, 0.05) is 24.1 Å². The summed E-state index contributed by atoms with van der Waals surface area (Å²) in [6.45, 7) is 2.95. The van der Waals surface area contributed by atoms with Crippen LogP contribution in [0.3, 0.4) is 0 Å². The molecule has 0 amide bonds. The molecule has 0 aromatic carbocycles. The van der Waals surface area contributed by atoms with Crippen molar-refractivity contribution in [1.82, 2.24) is 4.57 Å². The first-order valence-corrected chi connectivity index (χ1v) is 5.24. The summed E-state index contributed by atoms with van der Waals surface area (Å²) in [5.41, 5.74) is 9.25. The molecule has 2 rings (SSSR count). The van der Waals surface area contributed by atoms with Crippen molar-refractivity contribution in [3.63, 3.8) is 0 Å². The van der Waals surface area contributed by atoms with E-state index in [-0.39, 0.29) is 0 Å². The highest BCUT2D eigenvalue weighted by Crippen LogP contribution is 2.18. The number of aromatic nitrogens is 1. The van der Waals surface area contributed by atoms with Crippen molar-refractivity contribution >= 4 is 6.08 Å². The Morgan fingerprint density at radius 3 is 3.20 bits per heavy atom. The molecule has 2 N–H and O–H groups in total. The number of nitrogens with two attached hydrogens (primary N) is 1. The van der Waals surface area contributed by atoms with Crippen molar-refractivity contribution < 1.29 is 0 Å². The molecule has 0 atom stereocenters. The topological polar surface area (TPSA) is 30.9 Å². The fraction of sp³-hybridized carbons (Fsp3) is 0.231. The smallest absolute Gasteiger partial charge is 0.0465 e. The highest BCUT2D eigenvalue weighted by atomic mass is 15.0. The van der Waals surface area contributed by atoms with Crippen LogP contribution in [0.4, 0.5) is 0 Å². The molecule has 0 aliphatic heterocycles. The number of nitrogens with zero attached hydrogens (tertiary/aromatic N) is 1. The van der Waals surface area contributed by atoms with Gasteiger partial charge in [-0.05, 0) is 37.1 Å². The summed E-state index contributed by atoms with van der Waals surface area (Å²) in [5.74, 6) is 0. The molecule has 0 unspecified atom stereocenters. The number of rotatable bonds is 2. The summed E-state index contributed by atoms with van der Waals surface area (Å²) in [5, 5.41) is 0. The molecule has 1 aliphatic carbocycles. The van der Waals surface area contributed by atoms with E-state index in [4.69, 9.17) is 5.73 Å². The largest absolute Gasteiger partial charge is 0.399 e. The average Bonchev–Trinajstić information content (AvgIpc) is 2.48. The molecule has 15 heavy (non-hydrogen) atoms. The van der Waals surface area contributed by atoms with Gasteiger partial charge in [0.2, 0.25) is 0 Å². The third-order valence-electron chi connectivity index (χ3n) is 2.58. The van der Waals surface area contributed by atoms with Crippen molar-refractivity contribution in [2.45, 2.75) is 19.9 Å². The lowest BCUT2D eigenvalue weighted by molar-refractivity contribution is 0.815. The van der Waals surface area contributed by atoms with Crippen LogP contribution in [-0.2, 0) is 13.0 Å². The van der Waals surface area contributed by atoms with E-state index in [1.165, 1.54) is 11.3 Å². The van der Waals surface area contributed by atoms with Gasteiger partial charge >= 0.3 is 0 Å². The predicted molar refractivity (Wildman–Crippen MR) is 64.3 cm³/mol. The van der Waals surface area contributed by atoms with E-state index in [0.29, 0.717) is 0 Å². The molecule has 1 heterocycles. The maximum Gasteiger partial charge on any atom is 0.0465 e. The van der Waals surface area contributed by atoms with Crippen LogP contribution in [0.15, 0.2) is 42.3 Å². The molecule has 0 saturated carbocycles. The zero-order valence-corrected chi connectivity index (χ0v) is 8.98. The summed E-state index contributed by atoms with van der Waals surface area (Å²) in [6, 6.07) is 2.16. The molecule has 2 heteroatoms. The first-order chi connectivity index (χ1) is 7.31. The van der Waals surface area contributed by atoms with E-state index in [0.717, 1.165) is 18.7 Å². The van der Waals surface area contributed by atoms with Gasteiger partial charge in [0.1, 0.15) is 0 Å². The Morgan fingerprint density at radius 1 is 1.53 bits per heavy atom. The van der Waals surface area contributed by atoms with Crippen LogP contribution in [-0.4, -0.2) is 4.57 Å². The van der Waals surface area contributed by atoms with Gasteiger partial charge in [0.05, 0.1) is 0 Å². The minimum Gasteiger partial charge on any atom is -0.399 e. The van der Waals surface area contributed by atoms with Crippen molar-refractivity contribution in [3.8, 4) is 0 Å². The molecular formula is C13H16N2. The maximum absolute atomic E-state index is 5.85. The second kappa shape index (κ2) is 4.22. The van der Waals surface area contributed by atoms with Gasteiger partial charge in [-0.3, -0.25) is 0 Å². The van der Waals surface area contributed by atoms with Crippen molar-refractivity contribution in [1.29, 1.82) is 0 Å². The Bertz CT molecular complexity index is 433. The van der Waals surface area contributed by atoms with Crippen molar-refractivity contribution in [3.05, 3.63) is 53.5 Å². The Balaban J connectivity index is 2.37. The van der Waals surface area contributed by atoms with Gasteiger partial charge in [-0.2, -0.15) is 0 Å². The molecule has 0 radical (unpaired) electrons. The standard InChI is InChI=1S/C13H16N2/c1-2-3-8-15-9-7-11-5-4-6-12(14)10-13(11)15/h2-4,6-7,9-10H,5,8,14H2,1H3/b3-2+. The number of allylic oxidation sites excluding steroid dienone is 4. The molecule has 0 spiro atoms. The second-order valence-electron chi connectivity index (χ2n) is 3.70. The number of hydrogen-bond acceptors (Lipinski definition) is 1. The molecule has 1 aromatic heterocycles.